The number of carbonyl (C=O) groups is 4. The van der Waals surface area contributed by atoms with Crippen LogP contribution in [0.5, 0.6) is 5.88 Å². The SMILES string of the molecule is Cc1cc2cc(n1)-c1cnn(C)c1OCCC[C@@H](C)Cn1c(nc3ccc(N4CCN(C(=O)C5CN(c6cc(F)c([C@H]7CCC(=O)NC7=O)c(F)c6)C5)CC4)cc31)NC2=O. The largest absolute Gasteiger partial charge is 0.477 e. The molecular weight excluding hydrogens is 775 g/mol. The van der Waals surface area contributed by atoms with E-state index in [1.54, 1.807) is 27.9 Å². The van der Waals surface area contributed by atoms with Gasteiger partial charge in [0.05, 0.1) is 46.9 Å². The molecule has 0 unspecified atom stereocenters. The molecule has 7 heterocycles. The van der Waals surface area contributed by atoms with Crippen molar-refractivity contribution >= 4 is 52.0 Å². The minimum absolute atomic E-state index is 0.00716. The summed E-state index contributed by atoms with van der Waals surface area (Å²) in [5.41, 5.74) is 5.07. The molecule has 4 aliphatic heterocycles. The summed E-state index contributed by atoms with van der Waals surface area (Å²) < 4.78 is 40.3. The van der Waals surface area contributed by atoms with Crippen molar-refractivity contribution in [2.24, 2.45) is 18.9 Å². The lowest BCUT2D eigenvalue weighted by Gasteiger charge is -2.44. The minimum Gasteiger partial charge on any atom is -0.477 e. The number of halogens is 2. The van der Waals surface area contributed by atoms with Gasteiger partial charge in [-0.15, -0.1) is 0 Å². The van der Waals surface area contributed by atoms with Gasteiger partial charge in [0, 0.05) is 87.5 Å². The van der Waals surface area contributed by atoms with Crippen LogP contribution in [0.25, 0.3) is 22.3 Å². The number of aromatic nitrogens is 5. The van der Waals surface area contributed by atoms with Gasteiger partial charge in [-0.1, -0.05) is 6.92 Å². The summed E-state index contributed by atoms with van der Waals surface area (Å²) in [6, 6.07) is 12.0. The molecule has 5 aromatic rings. The number of piperidine rings is 1. The Morgan fingerprint density at radius 3 is 2.40 bits per heavy atom. The monoisotopic (exact) mass is 820 g/mol. The summed E-state index contributed by atoms with van der Waals surface area (Å²) in [7, 11) is 1.83. The number of hydrogen-bond acceptors (Lipinski definition) is 10. The predicted molar refractivity (Wildman–Crippen MR) is 219 cm³/mol. The van der Waals surface area contributed by atoms with Crippen molar-refractivity contribution in [2.45, 2.75) is 52.0 Å². The van der Waals surface area contributed by atoms with Gasteiger partial charge in [-0.05, 0) is 74.6 Å². The normalized spacial score (nSPS) is 20.4. The first kappa shape index (κ1) is 39.1. The molecule has 4 amide bonds. The van der Waals surface area contributed by atoms with Crippen LogP contribution < -0.4 is 25.2 Å². The minimum atomic E-state index is -1.07. The molecule has 0 aliphatic carbocycles. The molecule has 3 fully saturated rings. The molecular formula is C43H46F2N10O5. The Bertz CT molecular complexity index is 2520. The molecule has 0 spiro atoms. The lowest BCUT2D eigenvalue weighted by atomic mass is 9.89. The molecule has 0 saturated carbocycles. The van der Waals surface area contributed by atoms with Gasteiger partial charge < -0.3 is 24.0 Å². The molecule has 0 radical (unpaired) electrons. The van der Waals surface area contributed by atoms with Gasteiger partial charge in [-0.25, -0.2) is 18.4 Å². The van der Waals surface area contributed by atoms with Crippen LogP contribution in [0, 0.1) is 30.4 Å². The number of rotatable bonds is 4. The van der Waals surface area contributed by atoms with Gasteiger partial charge in [0.1, 0.15) is 11.6 Å². The predicted octanol–water partition coefficient (Wildman–Crippen LogP) is 4.78. The molecule has 2 aromatic carbocycles. The van der Waals surface area contributed by atoms with Crippen molar-refractivity contribution in [3.8, 4) is 17.1 Å². The topological polar surface area (TPSA) is 160 Å². The number of anilines is 3. The van der Waals surface area contributed by atoms with Crippen LogP contribution in [0.15, 0.2) is 48.7 Å². The van der Waals surface area contributed by atoms with Crippen LogP contribution in [0.4, 0.5) is 26.1 Å². The fourth-order valence-electron chi connectivity index (χ4n) is 8.82. The van der Waals surface area contributed by atoms with Crippen molar-refractivity contribution in [1.82, 2.24) is 34.5 Å². The third kappa shape index (κ3) is 7.41. The lowest BCUT2D eigenvalue weighted by molar-refractivity contribution is -0.137. The summed E-state index contributed by atoms with van der Waals surface area (Å²) in [5.74, 6) is -3.20. The van der Waals surface area contributed by atoms with Crippen molar-refractivity contribution in [1.29, 1.82) is 0 Å². The number of imidazole rings is 1. The van der Waals surface area contributed by atoms with E-state index >= 15 is 8.78 Å². The zero-order chi connectivity index (χ0) is 41.8. The van der Waals surface area contributed by atoms with Crippen LogP contribution in [0.1, 0.15) is 60.1 Å². The zero-order valence-electron chi connectivity index (χ0n) is 33.7. The Kier molecular flexibility index (Phi) is 10.2. The molecule has 3 aromatic heterocycles. The van der Waals surface area contributed by atoms with Gasteiger partial charge in [-0.2, -0.15) is 5.10 Å². The molecule has 9 rings (SSSR count). The van der Waals surface area contributed by atoms with Crippen molar-refractivity contribution in [3.63, 3.8) is 0 Å². The van der Waals surface area contributed by atoms with Crippen molar-refractivity contribution < 1.29 is 32.7 Å². The molecule has 15 nitrogen and oxygen atoms in total. The van der Waals surface area contributed by atoms with Crippen molar-refractivity contribution in [3.05, 3.63) is 77.1 Å². The van der Waals surface area contributed by atoms with E-state index in [2.05, 4.69) is 38.2 Å². The first-order valence-electron chi connectivity index (χ1n) is 20.5. The number of pyridine rings is 1. The van der Waals surface area contributed by atoms with Gasteiger partial charge in [0.2, 0.25) is 29.5 Å². The smallest absolute Gasteiger partial charge is 0.258 e. The standard InChI is InChI=1S/C43H46F2N10O5/c1-24-5-4-14-60-42-31(20-46-51(42)3)35-16-26(15-25(2)47-35)39(57)50-43-48-34-8-6-28(19-36(34)55(43)21-24)52-10-12-53(13-11-52)41(59)27-22-54(23-27)29-17-32(44)38(33(45)18-29)30-7-9-37(56)49-40(30)58/h6,8,15-20,24,27,30H,4-5,7,9-14,21-23H2,1-3H3,(H,48,50,57)(H,49,56,58)/t24-,30-/m1/s1. The average molecular weight is 821 g/mol. The molecule has 4 aliphatic rings. The highest BCUT2D eigenvalue weighted by molar-refractivity contribution is 6.05. The number of imide groups is 1. The highest BCUT2D eigenvalue weighted by Gasteiger charge is 2.38. The van der Waals surface area contributed by atoms with E-state index in [1.165, 1.54) is 12.1 Å². The van der Waals surface area contributed by atoms with Crippen LogP contribution in [0.3, 0.4) is 0 Å². The number of aryl methyl sites for hydroxylation is 2. The third-order valence-electron chi connectivity index (χ3n) is 12.1. The van der Waals surface area contributed by atoms with Crippen LogP contribution >= 0.6 is 0 Å². The quantitative estimate of drug-likeness (QED) is 0.242. The first-order chi connectivity index (χ1) is 28.9. The number of hydrogen-bond donors (Lipinski definition) is 2. The van der Waals surface area contributed by atoms with Gasteiger partial charge in [0.15, 0.2) is 0 Å². The van der Waals surface area contributed by atoms with E-state index in [9.17, 15) is 19.2 Å². The number of fused-ring (bicyclic) bond motifs is 7. The van der Waals surface area contributed by atoms with Crippen LogP contribution in [0.2, 0.25) is 0 Å². The number of piperazine rings is 1. The molecule has 17 heteroatoms. The number of carbonyl (C=O) groups excluding carboxylic acids is 4. The highest BCUT2D eigenvalue weighted by atomic mass is 19.1. The van der Waals surface area contributed by atoms with Gasteiger partial charge in [-0.3, -0.25) is 34.8 Å². The van der Waals surface area contributed by atoms with Gasteiger partial charge >= 0.3 is 0 Å². The molecule has 2 N–H and O–H groups in total. The average Bonchev–Trinajstić information content (AvgIpc) is 3.74. The third-order valence-corrected chi connectivity index (χ3v) is 12.1. The first-order valence-corrected chi connectivity index (χ1v) is 20.5. The Morgan fingerprint density at radius 2 is 1.65 bits per heavy atom. The van der Waals surface area contributed by atoms with E-state index in [0.717, 1.165) is 35.1 Å². The van der Waals surface area contributed by atoms with Crippen LogP contribution in [-0.4, -0.2) is 98.7 Å². The summed E-state index contributed by atoms with van der Waals surface area (Å²) in [6.45, 7) is 8.07. The number of nitrogens with one attached hydrogen (secondary N) is 2. The number of benzene rings is 2. The maximum atomic E-state index is 15.2. The molecule has 2 atom stereocenters. The summed E-state index contributed by atoms with van der Waals surface area (Å²) in [4.78, 5) is 66.6. The number of nitrogens with zero attached hydrogens (tertiary/aromatic N) is 8. The second-order valence-corrected chi connectivity index (χ2v) is 16.4. The van der Waals surface area contributed by atoms with E-state index in [-0.39, 0.29) is 42.1 Å². The zero-order valence-corrected chi connectivity index (χ0v) is 33.7. The Balaban J connectivity index is 0.871. The second-order valence-electron chi connectivity index (χ2n) is 16.4. The fraction of sp³-hybridized carbons (Fsp3) is 0.419. The fourth-order valence-corrected chi connectivity index (χ4v) is 8.82. The maximum absolute atomic E-state index is 15.2. The molecule has 312 valence electrons. The summed E-state index contributed by atoms with van der Waals surface area (Å²) in [6.07, 6.45) is 3.47. The Hall–Kier alpha value is -6.39. The second kappa shape index (κ2) is 15.7. The van der Waals surface area contributed by atoms with E-state index in [0.29, 0.717) is 86.9 Å². The van der Waals surface area contributed by atoms with E-state index in [4.69, 9.17) is 14.7 Å². The van der Waals surface area contributed by atoms with E-state index in [1.807, 2.05) is 31.0 Å². The van der Waals surface area contributed by atoms with Gasteiger partial charge in [0.25, 0.3) is 5.91 Å². The number of ether oxygens (including phenoxy) is 1. The van der Waals surface area contributed by atoms with E-state index < -0.39 is 29.4 Å². The molecule has 3 saturated heterocycles. The summed E-state index contributed by atoms with van der Waals surface area (Å²) >= 11 is 0. The molecule has 2 bridgehead atoms. The maximum Gasteiger partial charge on any atom is 0.258 e. The summed E-state index contributed by atoms with van der Waals surface area (Å²) in [5, 5.41) is 9.64. The lowest BCUT2D eigenvalue weighted by Crippen LogP contribution is -2.58. The Labute approximate surface area is 344 Å². The highest BCUT2D eigenvalue weighted by Crippen LogP contribution is 2.36. The Morgan fingerprint density at radius 1 is 0.883 bits per heavy atom. The van der Waals surface area contributed by atoms with Crippen molar-refractivity contribution in [2.75, 3.05) is 61.0 Å². The number of amides is 4. The molecule has 60 heavy (non-hydrogen) atoms. The van der Waals surface area contributed by atoms with Crippen LogP contribution in [-0.2, 0) is 28.0 Å².